The zero-order valence-corrected chi connectivity index (χ0v) is 15.4. The summed E-state index contributed by atoms with van der Waals surface area (Å²) in [6.45, 7) is 6.19. The molecule has 1 unspecified atom stereocenters. The molecule has 2 heterocycles. The van der Waals surface area contributed by atoms with Gasteiger partial charge in [0, 0.05) is 0 Å². The fourth-order valence-corrected chi connectivity index (χ4v) is 2.24. The van der Waals surface area contributed by atoms with Crippen molar-refractivity contribution in [2.45, 2.75) is 45.5 Å². The second kappa shape index (κ2) is 7.13. The van der Waals surface area contributed by atoms with E-state index in [2.05, 4.69) is 10.3 Å². The van der Waals surface area contributed by atoms with E-state index in [-0.39, 0.29) is 5.39 Å². The first-order chi connectivity index (χ1) is 12.7. The number of alkyl halides is 3. The van der Waals surface area contributed by atoms with Gasteiger partial charge < -0.3 is 20.1 Å². The molecule has 0 aromatic carbocycles. The number of carbonyl (C=O) groups excluding carboxylic acids is 2. The molecule has 0 saturated heterocycles. The van der Waals surface area contributed by atoms with Gasteiger partial charge in [-0.15, -0.1) is 0 Å². The highest BCUT2D eigenvalue weighted by Gasteiger charge is 2.33. The van der Waals surface area contributed by atoms with E-state index in [4.69, 9.17) is 4.74 Å². The van der Waals surface area contributed by atoms with Gasteiger partial charge in [0.05, 0.1) is 5.39 Å². The van der Waals surface area contributed by atoms with Crippen molar-refractivity contribution in [2.75, 3.05) is 0 Å². The van der Waals surface area contributed by atoms with E-state index in [0.717, 1.165) is 6.07 Å². The van der Waals surface area contributed by atoms with Crippen LogP contribution in [0, 0.1) is 0 Å². The predicted octanol–water partition coefficient (Wildman–Crippen LogP) is 2.11. The van der Waals surface area contributed by atoms with Gasteiger partial charge in [-0.3, -0.25) is 9.59 Å². The van der Waals surface area contributed by atoms with E-state index < -0.39 is 57.9 Å². The van der Waals surface area contributed by atoms with Crippen molar-refractivity contribution < 1.29 is 32.6 Å². The molecule has 3 N–H and O–H groups in total. The Morgan fingerprint density at radius 3 is 2.39 bits per heavy atom. The normalized spacial score (nSPS) is 13.2. The van der Waals surface area contributed by atoms with E-state index in [0.29, 0.717) is 6.07 Å². The molecule has 0 aliphatic carbocycles. The van der Waals surface area contributed by atoms with Crippen molar-refractivity contribution in [2.24, 2.45) is 0 Å². The molecular formula is C17H18F3N3O5. The summed E-state index contributed by atoms with van der Waals surface area (Å²) in [5.41, 5.74) is -4.53. The number of H-pyrrole nitrogens is 1. The van der Waals surface area contributed by atoms with Gasteiger partial charge in [-0.25, -0.2) is 9.78 Å². The van der Waals surface area contributed by atoms with Crippen molar-refractivity contribution in [3.05, 3.63) is 33.7 Å². The minimum absolute atomic E-state index is 0.261. The van der Waals surface area contributed by atoms with Crippen molar-refractivity contribution in [3.8, 4) is 5.75 Å². The minimum atomic E-state index is -4.75. The maximum Gasteiger partial charge on any atom is 0.433 e. The molecule has 0 spiro atoms. The number of aromatic hydroxyl groups is 1. The number of hydrogen-bond donors (Lipinski definition) is 3. The number of nitrogens with zero attached hydrogens (tertiary/aromatic N) is 1. The Bertz CT molecular complexity index is 992. The second-order valence-electron chi connectivity index (χ2n) is 7.00. The molecule has 0 aliphatic rings. The van der Waals surface area contributed by atoms with Gasteiger partial charge in [0.2, 0.25) is 0 Å². The van der Waals surface area contributed by atoms with Crippen molar-refractivity contribution in [3.63, 3.8) is 0 Å². The molecule has 28 heavy (non-hydrogen) atoms. The van der Waals surface area contributed by atoms with Gasteiger partial charge >= 0.3 is 12.1 Å². The fraction of sp³-hybridized carbons (Fsp3) is 0.412. The molecule has 152 valence electrons. The summed E-state index contributed by atoms with van der Waals surface area (Å²) in [6, 6.07) is 0.336. The number of rotatable bonds is 3. The van der Waals surface area contributed by atoms with Gasteiger partial charge in [0.1, 0.15) is 34.3 Å². The van der Waals surface area contributed by atoms with Crippen LogP contribution >= 0.6 is 0 Å². The number of esters is 1. The lowest BCUT2D eigenvalue weighted by atomic mass is 10.1. The number of carbonyl (C=O) groups is 2. The highest BCUT2D eigenvalue weighted by atomic mass is 19.4. The monoisotopic (exact) mass is 401 g/mol. The van der Waals surface area contributed by atoms with E-state index in [1.807, 2.05) is 4.98 Å². The minimum Gasteiger partial charge on any atom is -0.506 e. The lowest BCUT2D eigenvalue weighted by Crippen LogP contribution is -2.43. The number of aromatic nitrogens is 2. The third-order valence-electron chi connectivity index (χ3n) is 3.47. The number of hydrogen-bond acceptors (Lipinski definition) is 6. The zero-order valence-electron chi connectivity index (χ0n) is 15.4. The summed E-state index contributed by atoms with van der Waals surface area (Å²) in [6.07, 6.45) is -4.75. The molecule has 0 bridgehead atoms. The number of fused-ring (bicyclic) bond motifs is 1. The molecule has 1 amide bonds. The van der Waals surface area contributed by atoms with Crippen LogP contribution in [0.25, 0.3) is 11.0 Å². The Hall–Kier alpha value is -3.11. The van der Waals surface area contributed by atoms with Gasteiger partial charge in [-0.1, -0.05) is 0 Å². The summed E-state index contributed by atoms with van der Waals surface area (Å²) in [5, 5.41) is 12.2. The molecule has 1 atom stereocenters. The topological polar surface area (TPSA) is 121 Å². The number of halogens is 3. The summed E-state index contributed by atoms with van der Waals surface area (Å²) in [7, 11) is 0. The van der Waals surface area contributed by atoms with Crippen LogP contribution in [0.5, 0.6) is 5.75 Å². The number of nitrogens with one attached hydrogen (secondary N) is 2. The molecular weight excluding hydrogens is 383 g/mol. The maximum atomic E-state index is 12.7. The van der Waals surface area contributed by atoms with Crippen LogP contribution in [0.1, 0.15) is 43.7 Å². The van der Waals surface area contributed by atoms with Crippen LogP contribution in [-0.4, -0.2) is 38.6 Å². The number of amides is 1. The van der Waals surface area contributed by atoms with E-state index in [1.165, 1.54) is 6.92 Å². The van der Waals surface area contributed by atoms with Crippen molar-refractivity contribution >= 4 is 22.9 Å². The highest BCUT2D eigenvalue weighted by molar-refractivity contribution is 6.02. The summed E-state index contributed by atoms with van der Waals surface area (Å²) in [4.78, 5) is 41.7. The number of ether oxygens (including phenoxy) is 1. The Morgan fingerprint density at radius 1 is 1.25 bits per heavy atom. The molecule has 0 aliphatic heterocycles. The van der Waals surface area contributed by atoms with E-state index >= 15 is 0 Å². The summed E-state index contributed by atoms with van der Waals surface area (Å²) in [5.74, 6) is -2.72. The average molecular weight is 401 g/mol. The second-order valence-corrected chi connectivity index (χ2v) is 7.00. The largest absolute Gasteiger partial charge is 0.506 e. The molecule has 8 nitrogen and oxygen atoms in total. The Balaban J connectivity index is 2.38. The Kier molecular flexibility index (Phi) is 5.40. The first-order valence-electron chi connectivity index (χ1n) is 8.07. The van der Waals surface area contributed by atoms with Crippen molar-refractivity contribution in [1.29, 1.82) is 0 Å². The van der Waals surface area contributed by atoms with Gasteiger partial charge in [-0.2, -0.15) is 13.2 Å². The molecule has 11 heteroatoms. The smallest absolute Gasteiger partial charge is 0.433 e. The lowest BCUT2D eigenvalue weighted by Gasteiger charge is -2.22. The van der Waals surface area contributed by atoms with Crippen LogP contribution in [0.3, 0.4) is 0 Å². The van der Waals surface area contributed by atoms with E-state index in [9.17, 15) is 32.7 Å². The molecule has 0 fully saturated rings. The van der Waals surface area contributed by atoms with Gasteiger partial charge in [0.15, 0.2) is 0 Å². The molecule has 0 saturated carbocycles. The number of aromatic amines is 1. The quantitative estimate of drug-likeness (QED) is 0.678. The first-order valence-corrected chi connectivity index (χ1v) is 8.07. The first kappa shape index (κ1) is 21.2. The fourth-order valence-electron chi connectivity index (χ4n) is 2.24. The lowest BCUT2D eigenvalue weighted by molar-refractivity contribution is -0.156. The Morgan fingerprint density at radius 2 is 1.86 bits per heavy atom. The van der Waals surface area contributed by atoms with Crippen LogP contribution < -0.4 is 10.9 Å². The molecule has 0 radical (unpaired) electrons. The maximum absolute atomic E-state index is 12.7. The third kappa shape index (κ3) is 4.59. The van der Waals surface area contributed by atoms with Crippen LogP contribution in [-0.2, 0) is 15.7 Å². The molecule has 2 rings (SSSR count). The molecule has 2 aromatic heterocycles. The highest BCUT2D eigenvalue weighted by Crippen LogP contribution is 2.31. The van der Waals surface area contributed by atoms with Crippen LogP contribution in [0.4, 0.5) is 13.2 Å². The number of pyridine rings is 2. The van der Waals surface area contributed by atoms with Crippen molar-refractivity contribution in [1.82, 2.24) is 15.3 Å². The summed E-state index contributed by atoms with van der Waals surface area (Å²) < 4.78 is 43.3. The Labute approximate surface area is 156 Å². The van der Waals surface area contributed by atoms with E-state index in [1.54, 1.807) is 20.8 Å². The SMILES string of the molecule is CC(NC(=O)c1c(O)c2ccc(C(F)(F)F)nc2[nH]c1=O)C(=O)OC(C)(C)C. The van der Waals surface area contributed by atoms with Gasteiger partial charge in [-0.05, 0) is 39.8 Å². The third-order valence-corrected chi connectivity index (χ3v) is 3.47. The van der Waals surface area contributed by atoms with Crippen LogP contribution in [0.2, 0.25) is 0 Å². The molecule has 2 aromatic rings. The average Bonchev–Trinajstić information content (AvgIpc) is 2.51. The van der Waals surface area contributed by atoms with Gasteiger partial charge in [0.25, 0.3) is 11.5 Å². The predicted molar refractivity (Wildman–Crippen MR) is 91.8 cm³/mol. The standard InChI is InChI=1S/C17H18F3N3O5/c1-7(15(27)28-16(2,3)4)21-13(25)10-11(24)8-5-6-9(17(18,19)20)22-12(8)23-14(10)26/h5-7H,1-4H3,(H,21,25)(H2,22,23,24,26). The zero-order chi connectivity index (χ0) is 21.4. The summed E-state index contributed by atoms with van der Waals surface area (Å²) >= 11 is 0. The van der Waals surface area contributed by atoms with Crippen LogP contribution in [0.15, 0.2) is 16.9 Å².